The van der Waals surface area contributed by atoms with Gasteiger partial charge < -0.3 is 15.1 Å². The Labute approximate surface area is 266 Å². The molecule has 0 saturated carbocycles. The van der Waals surface area contributed by atoms with E-state index in [2.05, 4.69) is 77.8 Å². The number of piperazine rings is 1. The van der Waals surface area contributed by atoms with E-state index in [1.165, 1.54) is 24.7 Å². The van der Waals surface area contributed by atoms with Gasteiger partial charge in [0.1, 0.15) is 12.6 Å². The van der Waals surface area contributed by atoms with Gasteiger partial charge in [0.15, 0.2) is 5.01 Å². The van der Waals surface area contributed by atoms with Crippen molar-refractivity contribution in [3.63, 3.8) is 0 Å². The van der Waals surface area contributed by atoms with Gasteiger partial charge in [0.25, 0.3) is 0 Å². The highest BCUT2D eigenvalue weighted by Crippen LogP contribution is 2.36. The summed E-state index contributed by atoms with van der Waals surface area (Å²) in [5.41, 5.74) is 5.70. The monoisotopic (exact) mass is 615 g/mol. The second kappa shape index (κ2) is 12.9. The van der Waals surface area contributed by atoms with E-state index in [9.17, 15) is 10.5 Å². The van der Waals surface area contributed by atoms with Gasteiger partial charge in [-0.15, -0.1) is 10.2 Å². The van der Waals surface area contributed by atoms with E-state index in [1.807, 2.05) is 18.2 Å². The summed E-state index contributed by atoms with van der Waals surface area (Å²) in [6.45, 7) is 7.47. The molecule has 2 aliphatic heterocycles. The maximum absolute atomic E-state index is 9.28. The standard InChI is InChI=1S/C33H33N11S/c34-10-11-36-29-19-30(31-7-6-27-18-25(20-35)21-38-44(27)31)37-22-28(29)32-39-40-33(45-32)43-16-14-41(15-17-43)23-24-8-12-42(13-9-24)26-4-2-1-3-5-26/h1-7,18-19,21-22,24H,8-9,11-17,23H2,(H,36,37). The minimum absolute atomic E-state index is 0.147. The number of benzene rings is 1. The van der Waals surface area contributed by atoms with Crippen LogP contribution in [0.25, 0.3) is 27.5 Å². The van der Waals surface area contributed by atoms with Gasteiger partial charge in [0, 0.05) is 63.4 Å². The molecular formula is C33H33N11S. The Hall–Kier alpha value is -5.04. The highest BCUT2D eigenvalue weighted by atomic mass is 32.1. The highest BCUT2D eigenvalue weighted by Gasteiger charge is 2.26. The van der Waals surface area contributed by atoms with E-state index in [0.29, 0.717) is 11.3 Å². The summed E-state index contributed by atoms with van der Waals surface area (Å²) in [6.07, 6.45) is 5.80. The summed E-state index contributed by atoms with van der Waals surface area (Å²) in [6, 6.07) is 22.6. The molecule has 6 heterocycles. The molecule has 0 amide bonds. The molecule has 45 heavy (non-hydrogen) atoms. The largest absolute Gasteiger partial charge is 0.372 e. The van der Waals surface area contributed by atoms with Crippen LogP contribution in [0.2, 0.25) is 0 Å². The highest BCUT2D eigenvalue weighted by molar-refractivity contribution is 7.18. The van der Waals surface area contributed by atoms with Gasteiger partial charge in [-0.2, -0.15) is 15.6 Å². The van der Waals surface area contributed by atoms with Crippen LogP contribution in [-0.2, 0) is 0 Å². The van der Waals surface area contributed by atoms with Crippen LogP contribution in [0, 0.1) is 28.6 Å². The summed E-state index contributed by atoms with van der Waals surface area (Å²) in [5.74, 6) is 0.745. The van der Waals surface area contributed by atoms with Gasteiger partial charge in [-0.1, -0.05) is 29.5 Å². The smallest absolute Gasteiger partial charge is 0.208 e. The van der Waals surface area contributed by atoms with Crippen LogP contribution in [0.5, 0.6) is 0 Å². The first-order valence-electron chi connectivity index (χ1n) is 15.3. The lowest BCUT2D eigenvalue weighted by atomic mass is 9.95. The Balaban J connectivity index is 0.997. The van der Waals surface area contributed by atoms with Crippen molar-refractivity contribution in [3.8, 4) is 34.1 Å². The van der Waals surface area contributed by atoms with Crippen molar-refractivity contribution < 1.29 is 0 Å². The van der Waals surface area contributed by atoms with Crippen LogP contribution in [-0.4, -0.2) is 82.1 Å². The van der Waals surface area contributed by atoms with Crippen molar-refractivity contribution in [2.24, 2.45) is 5.92 Å². The molecule has 1 aromatic carbocycles. The number of hydrogen-bond acceptors (Lipinski definition) is 11. The molecule has 0 radical (unpaired) electrons. The first-order valence-corrected chi connectivity index (χ1v) is 16.1. The number of fused-ring (bicyclic) bond motifs is 1. The summed E-state index contributed by atoms with van der Waals surface area (Å²) >= 11 is 1.55. The van der Waals surface area contributed by atoms with E-state index in [-0.39, 0.29) is 6.54 Å². The second-order valence-electron chi connectivity index (χ2n) is 11.5. The molecule has 2 fully saturated rings. The number of rotatable bonds is 8. The third-order valence-electron chi connectivity index (χ3n) is 8.69. The van der Waals surface area contributed by atoms with E-state index in [4.69, 9.17) is 4.98 Å². The lowest BCUT2D eigenvalue weighted by molar-refractivity contribution is 0.201. The zero-order chi connectivity index (χ0) is 30.6. The molecule has 0 spiro atoms. The van der Waals surface area contributed by atoms with Crippen LogP contribution in [0.1, 0.15) is 18.4 Å². The van der Waals surface area contributed by atoms with Gasteiger partial charge >= 0.3 is 0 Å². The molecule has 0 unspecified atom stereocenters. The van der Waals surface area contributed by atoms with Crippen molar-refractivity contribution in [1.82, 2.24) is 29.7 Å². The Kier molecular flexibility index (Phi) is 8.23. The molecule has 226 valence electrons. The number of para-hydroxylation sites is 1. The molecule has 0 aliphatic carbocycles. The first kappa shape index (κ1) is 28.7. The van der Waals surface area contributed by atoms with Crippen molar-refractivity contribution in [1.29, 1.82) is 10.5 Å². The lowest BCUT2D eigenvalue weighted by Gasteiger charge is -2.39. The van der Waals surface area contributed by atoms with Gasteiger partial charge in [0.05, 0.1) is 40.3 Å². The Morgan fingerprint density at radius 2 is 1.71 bits per heavy atom. The zero-order valence-corrected chi connectivity index (χ0v) is 25.7. The van der Waals surface area contributed by atoms with Crippen LogP contribution >= 0.6 is 11.3 Å². The quantitative estimate of drug-likeness (QED) is 0.244. The third kappa shape index (κ3) is 6.16. The van der Waals surface area contributed by atoms with E-state index in [1.54, 1.807) is 28.1 Å². The van der Waals surface area contributed by atoms with Gasteiger partial charge in [-0.25, -0.2) is 4.52 Å². The minimum Gasteiger partial charge on any atom is -0.372 e. The Morgan fingerprint density at radius 1 is 0.889 bits per heavy atom. The summed E-state index contributed by atoms with van der Waals surface area (Å²) in [5, 5.41) is 36.9. The van der Waals surface area contributed by atoms with Crippen molar-refractivity contribution in [3.05, 3.63) is 72.6 Å². The molecule has 2 aliphatic rings. The first-order chi connectivity index (χ1) is 22.2. The fraction of sp³-hybridized carbons (Fsp3) is 0.333. The number of nitriles is 2. The number of anilines is 3. The molecule has 5 aromatic rings. The topological polar surface area (TPSA) is 125 Å². The lowest BCUT2D eigenvalue weighted by Crippen LogP contribution is -2.49. The maximum Gasteiger partial charge on any atom is 0.208 e. The molecule has 7 rings (SSSR count). The van der Waals surface area contributed by atoms with E-state index >= 15 is 0 Å². The zero-order valence-electron chi connectivity index (χ0n) is 24.9. The average Bonchev–Trinajstić information content (AvgIpc) is 3.76. The van der Waals surface area contributed by atoms with Crippen LogP contribution in [0.3, 0.4) is 0 Å². The summed E-state index contributed by atoms with van der Waals surface area (Å²) in [4.78, 5) is 12.2. The maximum atomic E-state index is 9.28. The van der Waals surface area contributed by atoms with Crippen molar-refractivity contribution in [2.45, 2.75) is 12.8 Å². The number of nitrogens with one attached hydrogen (secondary N) is 1. The molecule has 0 bridgehead atoms. The molecule has 11 nitrogen and oxygen atoms in total. The molecule has 2 saturated heterocycles. The molecular weight excluding hydrogens is 583 g/mol. The average molecular weight is 616 g/mol. The van der Waals surface area contributed by atoms with E-state index in [0.717, 1.165) is 84.3 Å². The Bertz CT molecular complexity index is 1850. The minimum atomic E-state index is 0.147. The van der Waals surface area contributed by atoms with Crippen LogP contribution < -0.4 is 15.1 Å². The van der Waals surface area contributed by atoms with Gasteiger partial charge in [-0.05, 0) is 55.2 Å². The van der Waals surface area contributed by atoms with Gasteiger partial charge in [-0.3, -0.25) is 9.88 Å². The Morgan fingerprint density at radius 3 is 2.49 bits per heavy atom. The van der Waals surface area contributed by atoms with Crippen molar-refractivity contribution in [2.75, 3.05) is 67.5 Å². The predicted molar refractivity (Wildman–Crippen MR) is 176 cm³/mol. The SMILES string of the molecule is N#CCNc1cc(-c2ccc3cc(C#N)cnn23)ncc1-c1nnc(N2CCN(CC3CCN(c4ccccc4)CC3)CC2)s1. The number of piperidine rings is 1. The van der Waals surface area contributed by atoms with Crippen molar-refractivity contribution >= 4 is 33.4 Å². The summed E-state index contributed by atoms with van der Waals surface area (Å²) < 4.78 is 1.76. The predicted octanol–water partition coefficient (Wildman–Crippen LogP) is 4.76. The fourth-order valence-electron chi connectivity index (χ4n) is 6.25. The number of hydrogen-bond donors (Lipinski definition) is 1. The number of nitrogens with zero attached hydrogens (tertiary/aromatic N) is 10. The van der Waals surface area contributed by atoms with Crippen LogP contribution in [0.15, 0.2) is 67.0 Å². The normalized spacial score (nSPS) is 16.0. The molecule has 1 N–H and O–H groups in total. The number of aromatic nitrogens is 5. The molecule has 4 aromatic heterocycles. The second-order valence-corrected chi connectivity index (χ2v) is 12.4. The summed E-state index contributed by atoms with van der Waals surface area (Å²) in [7, 11) is 0. The molecule has 0 atom stereocenters. The van der Waals surface area contributed by atoms with E-state index < -0.39 is 0 Å². The number of pyridine rings is 1. The molecule has 12 heteroatoms. The third-order valence-corrected chi connectivity index (χ3v) is 9.71. The van der Waals surface area contributed by atoms with Gasteiger partial charge in [0.2, 0.25) is 5.13 Å². The fourth-order valence-corrected chi connectivity index (χ4v) is 7.17. The van der Waals surface area contributed by atoms with Crippen LogP contribution in [0.4, 0.5) is 16.5 Å².